The number of piperidine rings is 1. The van der Waals surface area contributed by atoms with E-state index in [4.69, 9.17) is 0 Å². The molecule has 17 heavy (non-hydrogen) atoms. The highest BCUT2D eigenvalue weighted by molar-refractivity contribution is 5.16. The van der Waals surface area contributed by atoms with Crippen LogP contribution >= 0.6 is 0 Å². The standard InChI is InChI=1S/C14H20FNO/c15-13-6-4-12(5-7-13)3-1-8-14(17)9-2-10-16-11-14/h4-7,16-17H,1-3,8-11H2. The summed E-state index contributed by atoms with van der Waals surface area (Å²) in [6.45, 7) is 1.72. The van der Waals surface area contributed by atoms with Crippen LogP contribution in [-0.4, -0.2) is 23.8 Å². The van der Waals surface area contributed by atoms with Gasteiger partial charge in [-0.2, -0.15) is 0 Å². The predicted molar refractivity (Wildman–Crippen MR) is 66.4 cm³/mol. The van der Waals surface area contributed by atoms with E-state index in [0.29, 0.717) is 6.54 Å². The highest BCUT2D eigenvalue weighted by Gasteiger charge is 2.28. The van der Waals surface area contributed by atoms with Crippen molar-refractivity contribution in [2.24, 2.45) is 0 Å². The summed E-state index contributed by atoms with van der Waals surface area (Å²) < 4.78 is 12.7. The van der Waals surface area contributed by atoms with E-state index >= 15 is 0 Å². The van der Waals surface area contributed by atoms with Crippen molar-refractivity contribution in [3.05, 3.63) is 35.6 Å². The third kappa shape index (κ3) is 3.79. The maximum absolute atomic E-state index is 12.7. The molecule has 1 aromatic carbocycles. The van der Waals surface area contributed by atoms with Crippen LogP contribution in [-0.2, 0) is 6.42 Å². The van der Waals surface area contributed by atoms with E-state index in [-0.39, 0.29) is 5.82 Å². The maximum atomic E-state index is 12.7. The summed E-state index contributed by atoms with van der Waals surface area (Å²) >= 11 is 0. The van der Waals surface area contributed by atoms with Crippen LogP contribution in [0.5, 0.6) is 0 Å². The van der Waals surface area contributed by atoms with Crippen molar-refractivity contribution in [1.29, 1.82) is 0 Å². The average molecular weight is 237 g/mol. The Morgan fingerprint density at radius 3 is 2.71 bits per heavy atom. The fourth-order valence-electron chi connectivity index (χ4n) is 2.44. The minimum atomic E-state index is -0.529. The van der Waals surface area contributed by atoms with E-state index in [1.807, 2.05) is 12.1 Å². The summed E-state index contributed by atoms with van der Waals surface area (Å²) in [6.07, 6.45) is 4.61. The van der Waals surface area contributed by atoms with Gasteiger partial charge in [0.2, 0.25) is 0 Å². The number of aliphatic hydroxyl groups is 1. The zero-order chi connectivity index (χ0) is 12.1. The average Bonchev–Trinajstić information content (AvgIpc) is 2.32. The minimum absolute atomic E-state index is 0.191. The van der Waals surface area contributed by atoms with Crippen LogP contribution in [0.25, 0.3) is 0 Å². The van der Waals surface area contributed by atoms with Gasteiger partial charge in [-0.3, -0.25) is 0 Å². The molecule has 0 bridgehead atoms. The SMILES string of the molecule is OC1(CCCc2ccc(F)cc2)CCCNC1. The molecule has 0 saturated carbocycles. The molecule has 1 atom stereocenters. The molecule has 94 valence electrons. The normalized spacial score (nSPS) is 24.8. The molecular formula is C14H20FNO. The molecule has 0 spiro atoms. The zero-order valence-corrected chi connectivity index (χ0v) is 10.1. The summed E-state index contributed by atoms with van der Waals surface area (Å²) in [4.78, 5) is 0. The molecule has 1 aliphatic heterocycles. The largest absolute Gasteiger partial charge is 0.389 e. The maximum Gasteiger partial charge on any atom is 0.123 e. The number of β-amino-alcohol motifs (C(OH)–C–C–N with tert-alkyl or cyclic N) is 1. The number of benzene rings is 1. The lowest BCUT2D eigenvalue weighted by Crippen LogP contribution is -2.45. The van der Waals surface area contributed by atoms with Crippen molar-refractivity contribution >= 4 is 0 Å². The van der Waals surface area contributed by atoms with Gasteiger partial charge in [0.15, 0.2) is 0 Å². The molecule has 2 nitrogen and oxygen atoms in total. The molecule has 0 aliphatic carbocycles. The quantitative estimate of drug-likeness (QED) is 0.842. The van der Waals surface area contributed by atoms with Crippen molar-refractivity contribution in [2.75, 3.05) is 13.1 Å². The van der Waals surface area contributed by atoms with Gasteiger partial charge in [0.25, 0.3) is 0 Å². The lowest BCUT2D eigenvalue weighted by Gasteiger charge is -2.32. The first-order valence-corrected chi connectivity index (χ1v) is 6.36. The molecule has 3 heteroatoms. The van der Waals surface area contributed by atoms with Gasteiger partial charge in [0.05, 0.1) is 5.60 Å². The summed E-state index contributed by atoms with van der Waals surface area (Å²) in [6, 6.07) is 6.62. The molecule has 1 aliphatic rings. The van der Waals surface area contributed by atoms with E-state index in [1.165, 1.54) is 12.1 Å². The number of hydrogen-bond donors (Lipinski definition) is 2. The van der Waals surface area contributed by atoms with Crippen molar-refractivity contribution in [3.63, 3.8) is 0 Å². The van der Waals surface area contributed by atoms with Crippen LogP contribution in [0.3, 0.4) is 0 Å². The summed E-state index contributed by atoms with van der Waals surface area (Å²) in [7, 11) is 0. The number of rotatable bonds is 4. The van der Waals surface area contributed by atoms with E-state index in [0.717, 1.165) is 44.2 Å². The first kappa shape index (κ1) is 12.5. The second-order valence-corrected chi connectivity index (χ2v) is 4.98. The van der Waals surface area contributed by atoms with Gasteiger partial charge in [-0.25, -0.2) is 4.39 Å². The lowest BCUT2D eigenvalue weighted by molar-refractivity contribution is 0.00697. The van der Waals surface area contributed by atoms with E-state index < -0.39 is 5.60 Å². The van der Waals surface area contributed by atoms with Gasteiger partial charge in [-0.15, -0.1) is 0 Å². The van der Waals surface area contributed by atoms with Crippen LogP contribution in [0.1, 0.15) is 31.2 Å². The molecule has 2 rings (SSSR count). The molecule has 1 heterocycles. The van der Waals surface area contributed by atoms with Gasteiger partial charge in [0, 0.05) is 6.54 Å². The van der Waals surface area contributed by atoms with E-state index in [9.17, 15) is 9.50 Å². The number of halogens is 1. The Hall–Kier alpha value is -0.930. The Morgan fingerprint density at radius 1 is 1.29 bits per heavy atom. The molecule has 1 saturated heterocycles. The van der Waals surface area contributed by atoms with Gasteiger partial charge < -0.3 is 10.4 Å². The van der Waals surface area contributed by atoms with Crippen LogP contribution in [0.15, 0.2) is 24.3 Å². The molecule has 1 unspecified atom stereocenters. The van der Waals surface area contributed by atoms with Crippen LogP contribution in [0.4, 0.5) is 4.39 Å². The van der Waals surface area contributed by atoms with Gasteiger partial charge in [0.1, 0.15) is 5.82 Å². The summed E-state index contributed by atoms with van der Waals surface area (Å²) in [5.74, 6) is -0.191. The monoisotopic (exact) mass is 237 g/mol. The summed E-state index contributed by atoms with van der Waals surface area (Å²) in [5, 5.41) is 13.5. The highest BCUT2D eigenvalue weighted by Crippen LogP contribution is 2.22. The third-order valence-electron chi connectivity index (χ3n) is 3.47. The van der Waals surface area contributed by atoms with E-state index in [1.54, 1.807) is 0 Å². The summed E-state index contributed by atoms with van der Waals surface area (Å²) in [5.41, 5.74) is 0.608. The molecule has 2 N–H and O–H groups in total. The zero-order valence-electron chi connectivity index (χ0n) is 10.1. The second kappa shape index (κ2) is 5.61. The molecule has 0 amide bonds. The molecule has 0 radical (unpaired) electrons. The van der Waals surface area contributed by atoms with Crippen molar-refractivity contribution in [3.8, 4) is 0 Å². The van der Waals surface area contributed by atoms with Crippen LogP contribution in [0.2, 0.25) is 0 Å². The number of aryl methyl sites for hydroxylation is 1. The smallest absolute Gasteiger partial charge is 0.123 e. The Bertz CT molecular complexity index is 344. The topological polar surface area (TPSA) is 32.3 Å². The lowest BCUT2D eigenvalue weighted by atomic mass is 9.88. The van der Waals surface area contributed by atoms with Gasteiger partial charge in [-0.1, -0.05) is 12.1 Å². The van der Waals surface area contributed by atoms with Crippen molar-refractivity contribution in [1.82, 2.24) is 5.32 Å². The van der Waals surface area contributed by atoms with Crippen LogP contribution < -0.4 is 5.32 Å². The number of hydrogen-bond acceptors (Lipinski definition) is 2. The molecule has 1 fully saturated rings. The molecule has 1 aromatic rings. The first-order valence-electron chi connectivity index (χ1n) is 6.36. The Balaban J connectivity index is 1.77. The fraction of sp³-hybridized carbons (Fsp3) is 0.571. The Labute approximate surface area is 102 Å². The molecule has 0 aromatic heterocycles. The highest BCUT2D eigenvalue weighted by atomic mass is 19.1. The fourth-order valence-corrected chi connectivity index (χ4v) is 2.44. The molecular weight excluding hydrogens is 217 g/mol. The Kier molecular flexibility index (Phi) is 4.13. The van der Waals surface area contributed by atoms with Crippen molar-refractivity contribution in [2.45, 2.75) is 37.7 Å². The minimum Gasteiger partial charge on any atom is -0.389 e. The van der Waals surface area contributed by atoms with Gasteiger partial charge in [-0.05, 0) is 56.3 Å². The third-order valence-corrected chi connectivity index (χ3v) is 3.47. The number of nitrogens with one attached hydrogen (secondary N) is 1. The van der Waals surface area contributed by atoms with Gasteiger partial charge >= 0.3 is 0 Å². The predicted octanol–water partition coefficient (Wildman–Crippen LogP) is 2.26. The second-order valence-electron chi connectivity index (χ2n) is 4.98. The first-order chi connectivity index (χ1) is 8.18. The Morgan fingerprint density at radius 2 is 2.06 bits per heavy atom. The van der Waals surface area contributed by atoms with E-state index in [2.05, 4.69) is 5.32 Å². The van der Waals surface area contributed by atoms with Crippen LogP contribution in [0, 0.1) is 5.82 Å². The van der Waals surface area contributed by atoms with Crippen molar-refractivity contribution < 1.29 is 9.50 Å².